The lowest BCUT2D eigenvalue weighted by Crippen LogP contribution is -2.46. The second kappa shape index (κ2) is 5.10. The Hall–Kier alpha value is -1.73. The van der Waals surface area contributed by atoms with E-state index in [9.17, 15) is 4.79 Å². The van der Waals surface area contributed by atoms with Gasteiger partial charge in [-0.2, -0.15) is 4.98 Å². The van der Waals surface area contributed by atoms with Gasteiger partial charge in [-0.05, 0) is 17.4 Å². The summed E-state index contributed by atoms with van der Waals surface area (Å²) in [5, 5.41) is 14.6. The maximum atomic E-state index is 10.5. The molecule has 0 radical (unpaired) electrons. The lowest BCUT2D eigenvalue weighted by atomic mass is 9.96. The molecule has 100 valence electrons. The number of thiophene rings is 1. The van der Waals surface area contributed by atoms with E-state index in [4.69, 9.17) is 9.63 Å². The van der Waals surface area contributed by atoms with Crippen molar-refractivity contribution in [2.45, 2.75) is 13.0 Å². The number of aliphatic carboxylic acids is 1. The molecule has 6 nitrogen and oxygen atoms in total. The number of rotatable bonds is 5. The Morgan fingerprint density at radius 3 is 3.11 bits per heavy atom. The van der Waals surface area contributed by atoms with Crippen LogP contribution in [0.2, 0.25) is 0 Å². The Bertz CT molecular complexity index is 561. The van der Waals surface area contributed by atoms with Gasteiger partial charge in [0, 0.05) is 13.1 Å². The van der Waals surface area contributed by atoms with Crippen molar-refractivity contribution in [2.75, 3.05) is 13.1 Å². The molecule has 0 atom stereocenters. The standard InChI is InChI=1S/C12H13N3O3S/c16-11(17)4-8-5-15(6-8)7-10-13-12(18-14-10)9-2-1-3-19-9/h1-3,8H,4-7H2,(H,16,17). The van der Waals surface area contributed by atoms with Gasteiger partial charge >= 0.3 is 5.97 Å². The zero-order valence-electron chi connectivity index (χ0n) is 10.2. The number of hydrogen-bond acceptors (Lipinski definition) is 6. The molecule has 2 aromatic heterocycles. The van der Waals surface area contributed by atoms with Gasteiger partial charge in [0.15, 0.2) is 5.82 Å². The maximum absolute atomic E-state index is 10.5. The van der Waals surface area contributed by atoms with Crippen LogP contribution in [-0.4, -0.2) is 39.2 Å². The van der Waals surface area contributed by atoms with Gasteiger partial charge in [-0.3, -0.25) is 9.69 Å². The molecule has 2 aromatic rings. The lowest BCUT2D eigenvalue weighted by molar-refractivity contribution is -0.139. The lowest BCUT2D eigenvalue weighted by Gasteiger charge is -2.37. The Kier molecular flexibility index (Phi) is 3.31. The van der Waals surface area contributed by atoms with E-state index in [1.165, 1.54) is 0 Å². The SMILES string of the molecule is O=C(O)CC1CN(Cc2noc(-c3cccs3)n2)C1. The van der Waals surface area contributed by atoms with Crippen LogP contribution in [0.4, 0.5) is 0 Å². The quantitative estimate of drug-likeness (QED) is 0.897. The van der Waals surface area contributed by atoms with E-state index in [0.717, 1.165) is 18.0 Å². The number of nitrogens with zero attached hydrogens (tertiary/aromatic N) is 3. The minimum atomic E-state index is -0.732. The predicted octanol–water partition coefficient (Wildman–Crippen LogP) is 1.70. The van der Waals surface area contributed by atoms with Crippen molar-refractivity contribution in [2.24, 2.45) is 5.92 Å². The topological polar surface area (TPSA) is 79.5 Å². The van der Waals surface area contributed by atoms with Crippen LogP contribution in [0, 0.1) is 5.92 Å². The minimum Gasteiger partial charge on any atom is -0.481 e. The summed E-state index contributed by atoms with van der Waals surface area (Å²) in [5.41, 5.74) is 0. The second-order valence-corrected chi connectivity index (χ2v) is 5.60. The molecule has 0 spiro atoms. The minimum absolute atomic E-state index is 0.239. The van der Waals surface area contributed by atoms with Gasteiger partial charge in [-0.15, -0.1) is 11.3 Å². The molecule has 1 aliphatic rings. The average Bonchev–Trinajstić information content (AvgIpc) is 2.95. The van der Waals surface area contributed by atoms with Gasteiger partial charge < -0.3 is 9.63 Å². The molecule has 0 saturated carbocycles. The summed E-state index contributed by atoms with van der Waals surface area (Å²) in [5.74, 6) is 0.718. The Morgan fingerprint density at radius 1 is 1.58 bits per heavy atom. The van der Waals surface area contributed by atoms with E-state index in [0.29, 0.717) is 18.3 Å². The number of aromatic nitrogens is 2. The first-order valence-electron chi connectivity index (χ1n) is 6.01. The van der Waals surface area contributed by atoms with Gasteiger partial charge in [-0.1, -0.05) is 11.2 Å². The van der Waals surface area contributed by atoms with E-state index in [1.54, 1.807) is 11.3 Å². The van der Waals surface area contributed by atoms with E-state index in [1.807, 2.05) is 17.5 Å². The molecule has 0 aromatic carbocycles. The van der Waals surface area contributed by atoms with Crippen LogP contribution in [0.25, 0.3) is 10.8 Å². The number of carboxylic acid groups (broad SMARTS) is 1. The average molecular weight is 279 g/mol. The first-order chi connectivity index (χ1) is 9.20. The van der Waals surface area contributed by atoms with E-state index < -0.39 is 5.97 Å². The monoisotopic (exact) mass is 279 g/mol. The van der Waals surface area contributed by atoms with Gasteiger partial charge in [0.05, 0.1) is 17.8 Å². The molecule has 0 amide bonds. The summed E-state index contributed by atoms with van der Waals surface area (Å²) >= 11 is 1.56. The third-order valence-electron chi connectivity index (χ3n) is 3.06. The fourth-order valence-corrected chi connectivity index (χ4v) is 2.85. The van der Waals surface area contributed by atoms with E-state index in [-0.39, 0.29) is 12.3 Å². The highest BCUT2D eigenvalue weighted by Gasteiger charge is 2.29. The van der Waals surface area contributed by atoms with Crippen molar-refractivity contribution in [1.29, 1.82) is 0 Å². The molecule has 0 bridgehead atoms. The third kappa shape index (κ3) is 2.82. The second-order valence-electron chi connectivity index (χ2n) is 4.65. The molecule has 0 unspecified atom stereocenters. The smallest absolute Gasteiger partial charge is 0.303 e. The first-order valence-corrected chi connectivity index (χ1v) is 6.89. The van der Waals surface area contributed by atoms with Crippen LogP contribution >= 0.6 is 11.3 Å². The van der Waals surface area contributed by atoms with Gasteiger partial charge in [-0.25, -0.2) is 0 Å². The highest BCUT2D eigenvalue weighted by molar-refractivity contribution is 7.13. The van der Waals surface area contributed by atoms with Crippen LogP contribution in [0.1, 0.15) is 12.2 Å². The van der Waals surface area contributed by atoms with E-state index in [2.05, 4.69) is 15.0 Å². The van der Waals surface area contributed by atoms with Crippen LogP contribution in [0.15, 0.2) is 22.0 Å². The highest BCUT2D eigenvalue weighted by Crippen LogP contribution is 2.24. The predicted molar refractivity (Wildman–Crippen MR) is 68.6 cm³/mol. The van der Waals surface area contributed by atoms with Gasteiger partial charge in [0.1, 0.15) is 0 Å². The molecule has 1 N–H and O–H groups in total. The zero-order chi connectivity index (χ0) is 13.2. The van der Waals surface area contributed by atoms with Gasteiger partial charge in [0.25, 0.3) is 5.89 Å². The number of carboxylic acids is 1. The van der Waals surface area contributed by atoms with Crippen molar-refractivity contribution >= 4 is 17.3 Å². The molecule has 19 heavy (non-hydrogen) atoms. The summed E-state index contributed by atoms with van der Waals surface area (Å²) < 4.78 is 5.20. The van der Waals surface area contributed by atoms with Crippen molar-refractivity contribution in [3.05, 3.63) is 23.3 Å². The number of carbonyl (C=O) groups is 1. The summed E-state index contributed by atoms with van der Waals surface area (Å²) in [6.45, 7) is 2.19. The van der Waals surface area contributed by atoms with Crippen molar-refractivity contribution in [3.63, 3.8) is 0 Å². The third-order valence-corrected chi connectivity index (χ3v) is 3.92. The maximum Gasteiger partial charge on any atom is 0.303 e. The van der Waals surface area contributed by atoms with Crippen LogP contribution < -0.4 is 0 Å². The molecule has 1 fully saturated rings. The molecule has 7 heteroatoms. The molecule has 0 aliphatic carbocycles. The van der Waals surface area contributed by atoms with E-state index >= 15 is 0 Å². The first kappa shape index (κ1) is 12.3. The summed E-state index contributed by atoms with van der Waals surface area (Å²) in [4.78, 5) is 18.0. The zero-order valence-corrected chi connectivity index (χ0v) is 11.0. The summed E-state index contributed by atoms with van der Waals surface area (Å²) in [7, 11) is 0. The van der Waals surface area contributed by atoms with Crippen molar-refractivity contribution in [1.82, 2.24) is 15.0 Å². The van der Waals surface area contributed by atoms with Crippen LogP contribution in [0.5, 0.6) is 0 Å². The normalized spacial score (nSPS) is 16.4. The largest absolute Gasteiger partial charge is 0.481 e. The Morgan fingerprint density at radius 2 is 2.42 bits per heavy atom. The Balaban J connectivity index is 1.53. The molecule has 3 rings (SSSR count). The fraction of sp³-hybridized carbons (Fsp3) is 0.417. The van der Waals surface area contributed by atoms with Gasteiger partial charge in [0.2, 0.25) is 0 Å². The Labute approximate surface area is 113 Å². The van der Waals surface area contributed by atoms with Crippen molar-refractivity contribution < 1.29 is 14.4 Å². The molecule has 3 heterocycles. The molecule has 1 saturated heterocycles. The highest BCUT2D eigenvalue weighted by atomic mass is 32.1. The summed E-state index contributed by atoms with van der Waals surface area (Å²) in [6, 6.07) is 3.88. The summed E-state index contributed by atoms with van der Waals surface area (Å²) in [6.07, 6.45) is 0.239. The molecule has 1 aliphatic heterocycles. The van der Waals surface area contributed by atoms with Crippen molar-refractivity contribution in [3.8, 4) is 10.8 Å². The van der Waals surface area contributed by atoms with Crippen LogP contribution in [-0.2, 0) is 11.3 Å². The fourth-order valence-electron chi connectivity index (χ4n) is 2.20. The molecular weight excluding hydrogens is 266 g/mol. The van der Waals surface area contributed by atoms with Crippen LogP contribution in [0.3, 0.4) is 0 Å². The number of hydrogen-bond donors (Lipinski definition) is 1. The molecular formula is C12H13N3O3S. The number of likely N-dealkylation sites (tertiary alicyclic amines) is 1.